The van der Waals surface area contributed by atoms with E-state index in [4.69, 9.17) is 15.2 Å². The Balaban J connectivity index is 1.52. The van der Waals surface area contributed by atoms with Gasteiger partial charge in [-0.15, -0.1) is 5.10 Å². The maximum atomic E-state index is 13.7. The molecule has 2 fully saturated rings. The van der Waals surface area contributed by atoms with Gasteiger partial charge in [-0.2, -0.15) is 0 Å². The Hall–Kier alpha value is -3.63. The quantitative estimate of drug-likeness (QED) is 0.517. The summed E-state index contributed by atoms with van der Waals surface area (Å²) in [6.45, 7) is 0.504. The van der Waals surface area contributed by atoms with Gasteiger partial charge in [-0.3, -0.25) is 9.59 Å². The number of carbonyl (C=O) groups is 3. The molecule has 1 aliphatic carbocycles. The number of nitrogens with zero attached hydrogens (tertiary/aromatic N) is 4. The standard InChI is InChI=1S/C24H31N5O6/c1-34-17-6-4-7-18(11-17)35-14-16-13-29(27-26-16)20(9-10-21(25)30)23(31)28-12-15-5-2-3-8-19(15)22(28)24(32)33/h4,6-7,11,13,15,19-20,22H,2-3,5,8-10,12,14H2,1H3,(H2,25,30)(H,32,33)/t15-,19-,20-,22-/m0/s1. The van der Waals surface area contributed by atoms with E-state index in [0.29, 0.717) is 23.7 Å². The van der Waals surface area contributed by atoms with E-state index in [1.807, 2.05) is 0 Å². The molecular formula is C24H31N5O6. The van der Waals surface area contributed by atoms with E-state index in [-0.39, 0.29) is 37.2 Å². The van der Waals surface area contributed by atoms with Crippen molar-refractivity contribution in [3.05, 3.63) is 36.2 Å². The third kappa shape index (κ3) is 5.55. The molecule has 1 saturated heterocycles. The van der Waals surface area contributed by atoms with Crippen LogP contribution in [0.5, 0.6) is 11.5 Å². The van der Waals surface area contributed by atoms with Crippen LogP contribution in [0, 0.1) is 11.8 Å². The zero-order valence-corrected chi connectivity index (χ0v) is 19.7. The first-order valence-corrected chi connectivity index (χ1v) is 11.9. The Morgan fingerprint density at radius 1 is 1.23 bits per heavy atom. The van der Waals surface area contributed by atoms with E-state index in [2.05, 4.69) is 10.3 Å². The van der Waals surface area contributed by atoms with E-state index < -0.39 is 24.0 Å². The van der Waals surface area contributed by atoms with E-state index in [0.717, 1.165) is 25.7 Å². The van der Waals surface area contributed by atoms with Gasteiger partial charge in [-0.25, -0.2) is 9.48 Å². The number of methoxy groups -OCH3 is 1. The van der Waals surface area contributed by atoms with E-state index in [1.54, 1.807) is 37.6 Å². The highest BCUT2D eigenvalue weighted by molar-refractivity contribution is 5.87. The molecule has 0 bridgehead atoms. The number of hydrogen-bond acceptors (Lipinski definition) is 7. The number of carbonyl (C=O) groups excluding carboxylic acids is 2. The summed E-state index contributed by atoms with van der Waals surface area (Å²) in [6, 6.07) is 5.37. The Labute approximate surface area is 203 Å². The highest BCUT2D eigenvalue weighted by Crippen LogP contribution is 2.41. The Morgan fingerprint density at radius 3 is 2.74 bits per heavy atom. The molecule has 11 nitrogen and oxygen atoms in total. The van der Waals surface area contributed by atoms with Crippen molar-refractivity contribution in [1.29, 1.82) is 0 Å². The number of amides is 2. The number of aromatic nitrogens is 3. The van der Waals surface area contributed by atoms with Crippen molar-refractivity contribution in [2.24, 2.45) is 17.6 Å². The summed E-state index contributed by atoms with van der Waals surface area (Å²) >= 11 is 0. The Kier molecular flexibility index (Phi) is 7.52. The first kappa shape index (κ1) is 24.5. The molecule has 0 spiro atoms. The lowest BCUT2D eigenvalue weighted by Crippen LogP contribution is -2.46. The topological polar surface area (TPSA) is 150 Å². The lowest BCUT2D eigenvalue weighted by molar-refractivity contribution is -0.151. The predicted molar refractivity (Wildman–Crippen MR) is 123 cm³/mol. The molecule has 0 radical (unpaired) electrons. The summed E-state index contributed by atoms with van der Waals surface area (Å²) in [4.78, 5) is 38.8. The minimum absolute atomic E-state index is 0.0374. The molecule has 3 N–H and O–H groups in total. The van der Waals surface area contributed by atoms with Gasteiger partial charge in [-0.1, -0.05) is 24.1 Å². The molecule has 1 saturated carbocycles. The summed E-state index contributed by atoms with van der Waals surface area (Å²) in [6.07, 6.45) is 5.38. The van der Waals surface area contributed by atoms with Crippen LogP contribution in [-0.2, 0) is 21.0 Å². The van der Waals surface area contributed by atoms with Crippen LogP contribution in [0.25, 0.3) is 0 Å². The second-order valence-corrected chi connectivity index (χ2v) is 9.16. The number of rotatable bonds is 10. The van der Waals surface area contributed by atoms with Crippen molar-refractivity contribution in [3.8, 4) is 11.5 Å². The van der Waals surface area contributed by atoms with Gasteiger partial charge in [-0.05, 0) is 43.2 Å². The molecule has 2 aromatic rings. The number of carboxylic acid groups (broad SMARTS) is 1. The number of aliphatic carboxylic acids is 1. The van der Waals surface area contributed by atoms with Gasteiger partial charge in [0.1, 0.15) is 35.9 Å². The molecule has 4 atom stereocenters. The SMILES string of the molecule is COc1cccc(OCc2cn([C@@H](CCC(N)=O)C(=O)N3C[C@@H]4CCCC[C@@H]4[C@H]3C(=O)O)nn2)c1. The number of primary amides is 1. The molecule has 2 amide bonds. The molecule has 2 aliphatic rings. The molecule has 4 rings (SSSR count). The van der Waals surface area contributed by atoms with Gasteiger partial charge < -0.3 is 25.2 Å². The molecule has 1 aliphatic heterocycles. The van der Waals surface area contributed by atoms with Gasteiger partial charge in [0, 0.05) is 19.0 Å². The average Bonchev–Trinajstić information content (AvgIpc) is 3.47. The third-order valence-corrected chi connectivity index (χ3v) is 6.93. The summed E-state index contributed by atoms with van der Waals surface area (Å²) in [5, 5.41) is 18.2. The smallest absolute Gasteiger partial charge is 0.326 e. The maximum Gasteiger partial charge on any atom is 0.326 e. The number of benzene rings is 1. The Bertz CT molecular complexity index is 1070. The zero-order valence-electron chi connectivity index (χ0n) is 19.7. The fraction of sp³-hybridized carbons (Fsp3) is 0.542. The number of nitrogens with two attached hydrogens (primary N) is 1. The van der Waals surface area contributed by atoms with E-state index in [1.165, 1.54) is 9.58 Å². The number of ether oxygens (including phenoxy) is 2. The summed E-state index contributed by atoms with van der Waals surface area (Å²) in [5.74, 6) is -0.552. The molecule has 0 unspecified atom stereocenters. The number of carboxylic acids is 1. The minimum atomic E-state index is -0.993. The van der Waals surface area contributed by atoms with Crippen molar-refractivity contribution in [1.82, 2.24) is 19.9 Å². The largest absolute Gasteiger partial charge is 0.497 e. The molecule has 188 valence electrons. The molecule has 35 heavy (non-hydrogen) atoms. The third-order valence-electron chi connectivity index (χ3n) is 6.93. The van der Waals surface area contributed by atoms with Crippen LogP contribution < -0.4 is 15.2 Å². The van der Waals surface area contributed by atoms with Gasteiger partial charge in [0.25, 0.3) is 0 Å². The molecule has 11 heteroatoms. The van der Waals surface area contributed by atoms with Crippen LogP contribution in [-0.4, -0.2) is 62.5 Å². The van der Waals surface area contributed by atoms with Gasteiger partial charge in [0.05, 0.1) is 13.3 Å². The van der Waals surface area contributed by atoms with Crippen LogP contribution in [0.1, 0.15) is 50.3 Å². The average molecular weight is 486 g/mol. The molecular weight excluding hydrogens is 454 g/mol. The van der Waals surface area contributed by atoms with Crippen LogP contribution in [0.15, 0.2) is 30.5 Å². The van der Waals surface area contributed by atoms with Gasteiger partial charge >= 0.3 is 5.97 Å². The fourth-order valence-electron chi connectivity index (χ4n) is 5.24. The first-order valence-electron chi connectivity index (χ1n) is 11.9. The van der Waals surface area contributed by atoms with Crippen molar-refractivity contribution in [2.45, 2.75) is 57.2 Å². The van der Waals surface area contributed by atoms with Crippen molar-refractivity contribution >= 4 is 17.8 Å². The normalized spacial score (nSPS) is 22.3. The lowest BCUT2D eigenvalue weighted by atomic mass is 9.78. The second kappa shape index (κ2) is 10.7. The van der Waals surface area contributed by atoms with Crippen molar-refractivity contribution in [2.75, 3.05) is 13.7 Å². The van der Waals surface area contributed by atoms with Crippen LogP contribution >= 0.6 is 0 Å². The van der Waals surface area contributed by atoms with Crippen molar-refractivity contribution < 1.29 is 29.0 Å². The first-order chi connectivity index (χ1) is 16.9. The monoisotopic (exact) mass is 485 g/mol. The summed E-state index contributed by atoms with van der Waals surface area (Å²) < 4.78 is 12.3. The van der Waals surface area contributed by atoms with E-state index >= 15 is 0 Å². The minimum Gasteiger partial charge on any atom is -0.497 e. The summed E-state index contributed by atoms with van der Waals surface area (Å²) in [5.41, 5.74) is 5.83. The fourth-order valence-corrected chi connectivity index (χ4v) is 5.24. The number of hydrogen-bond donors (Lipinski definition) is 2. The van der Waals surface area contributed by atoms with Crippen LogP contribution in [0.3, 0.4) is 0 Å². The maximum absolute atomic E-state index is 13.7. The van der Waals surface area contributed by atoms with Gasteiger partial charge in [0.2, 0.25) is 11.8 Å². The molecule has 1 aromatic heterocycles. The van der Waals surface area contributed by atoms with Crippen molar-refractivity contribution in [3.63, 3.8) is 0 Å². The van der Waals surface area contributed by atoms with Gasteiger partial charge in [0.15, 0.2) is 0 Å². The van der Waals surface area contributed by atoms with Crippen LogP contribution in [0.2, 0.25) is 0 Å². The Morgan fingerprint density at radius 2 is 2.00 bits per heavy atom. The van der Waals surface area contributed by atoms with Crippen LogP contribution in [0.4, 0.5) is 0 Å². The highest BCUT2D eigenvalue weighted by atomic mass is 16.5. The lowest BCUT2D eigenvalue weighted by Gasteiger charge is -2.29. The second-order valence-electron chi connectivity index (χ2n) is 9.16. The summed E-state index contributed by atoms with van der Waals surface area (Å²) in [7, 11) is 1.57. The highest BCUT2D eigenvalue weighted by Gasteiger charge is 2.49. The predicted octanol–water partition coefficient (Wildman–Crippen LogP) is 1.77. The number of fused-ring (bicyclic) bond motifs is 1. The molecule has 2 heterocycles. The number of likely N-dealkylation sites (tertiary alicyclic amines) is 1. The molecule has 1 aromatic carbocycles. The van der Waals surface area contributed by atoms with E-state index in [9.17, 15) is 19.5 Å². The zero-order chi connectivity index (χ0) is 24.9.